The van der Waals surface area contributed by atoms with Crippen molar-refractivity contribution < 1.29 is 13.6 Å². The molecule has 0 radical (unpaired) electrons. The summed E-state index contributed by atoms with van der Waals surface area (Å²) in [4.78, 5) is 13.6. The molecule has 20 heavy (non-hydrogen) atoms. The maximum atomic E-state index is 13.2. The van der Waals surface area contributed by atoms with Crippen LogP contribution in [-0.4, -0.2) is 13.0 Å². The summed E-state index contributed by atoms with van der Waals surface area (Å²) in [6.45, 7) is 0.269. The maximum absolute atomic E-state index is 13.2. The van der Waals surface area contributed by atoms with Gasteiger partial charge in [0.25, 0.3) is 5.91 Å². The van der Waals surface area contributed by atoms with Gasteiger partial charge in [-0.05, 0) is 23.8 Å². The molecule has 5 heteroatoms. The molecule has 0 aromatic heterocycles. The van der Waals surface area contributed by atoms with E-state index in [1.807, 2.05) is 6.07 Å². The van der Waals surface area contributed by atoms with Gasteiger partial charge in [-0.2, -0.15) is 0 Å². The Morgan fingerprint density at radius 3 is 2.35 bits per heavy atom. The van der Waals surface area contributed by atoms with Gasteiger partial charge in [-0.25, -0.2) is 8.78 Å². The average Bonchev–Trinajstić information content (AvgIpc) is 2.44. The molecule has 2 aromatic rings. The van der Waals surface area contributed by atoms with Crippen LogP contribution in [0.2, 0.25) is 0 Å². The summed E-state index contributed by atoms with van der Waals surface area (Å²) in [6, 6.07) is 9.85. The number of hydrogen-bond acceptors (Lipinski definition) is 2. The fourth-order valence-electron chi connectivity index (χ4n) is 1.99. The number of para-hydroxylation sites is 1. The standard InChI is InChI=1S/C15H14F2N2O/c1-19(14-5-3-2-4-10(14)9-18)15(20)11-6-12(16)8-13(17)7-11/h2-8H,9,18H2,1H3. The van der Waals surface area contributed by atoms with E-state index in [0.29, 0.717) is 5.69 Å². The fraction of sp³-hybridized carbons (Fsp3) is 0.133. The second-order valence-corrected chi connectivity index (χ2v) is 4.36. The zero-order chi connectivity index (χ0) is 14.7. The molecular formula is C15H14F2N2O. The van der Waals surface area contributed by atoms with Gasteiger partial charge in [-0.3, -0.25) is 4.79 Å². The molecule has 0 aliphatic heterocycles. The number of benzene rings is 2. The van der Waals surface area contributed by atoms with Gasteiger partial charge in [-0.1, -0.05) is 18.2 Å². The van der Waals surface area contributed by atoms with Crippen LogP contribution in [-0.2, 0) is 6.54 Å². The molecular weight excluding hydrogens is 262 g/mol. The SMILES string of the molecule is CN(C(=O)c1cc(F)cc(F)c1)c1ccccc1CN. The predicted molar refractivity (Wildman–Crippen MR) is 73.4 cm³/mol. The first-order chi connectivity index (χ1) is 9.52. The summed E-state index contributed by atoms with van der Waals surface area (Å²) in [6.07, 6.45) is 0. The van der Waals surface area contributed by atoms with Crippen molar-refractivity contribution in [2.24, 2.45) is 5.73 Å². The van der Waals surface area contributed by atoms with Crippen LogP contribution in [0.4, 0.5) is 14.5 Å². The van der Waals surface area contributed by atoms with Crippen molar-refractivity contribution >= 4 is 11.6 Å². The summed E-state index contributed by atoms with van der Waals surface area (Å²) >= 11 is 0. The minimum Gasteiger partial charge on any atom is -0.326 e. The molecule has 0 fully saturated rings. The maximum Gasteiger partial charge on any atom is 0.258 e. The number of amides is 1. The van der Waals surface area contributed by atoms with Crippen LogP contribution in [0.5, 0.6) is 0 Å². The van der Waals surface area contributed by atoms with Crippen LogP contribution >= 0.6 is 0 Å². The predicted octanol–water partition coefficient (Wildman–Crippen LogP) is 2.70. The molecule has 1 amide bonds. The number of nitrogens with zero attached hydrogens (tertiary/aromatic N) is 1. The number of carbonyl (C=O) groups is 1. The highest BCUT2D eigenvalue weighted by atomic mass is 19.1. The molecule has 2 rings (SSSR count). The number of carbonyl (C=O) groups excluding carboxylic acids is 1. The quantitative estimate of drug-likeness (QED) is 0.937. The van der Waals surface area contributed by atoms with Crippen LogP contribution in [0.1, 0.15) is 15.9 Å². The molecule has 0 spiro atoms. The van der Waals surface area contributed by atoms with E-state index in [1.165, 1.54) is 4.90 Å². The summed E-state index contributed by atoms with van der Waals surface area (Å²) < 4.78 is 26.3. The third-order valence-corrected chi connectivity index (χ3v) is 2.99. The molecule has 0 atom stereocenters. The van der Waals surface area contributed by atoms with Crippen molar-refractivity contribution in [3.8, 4) is 0 Å². The number of halogens is 2. The minimum atomic E-state index is -0.783. The van der Waals surface area contributed by atoms with Crippen LogP contribution in [0.25, 0.3) is 0 Å². The van der Waals surface area contributed by atoms with Gasteiger partial charge in [-0.15, -0.1) is 0 Å². The minimum absolute atomic E-state index is 0.0446. The Morgan fingerprint density at radius 2 is 1.75 bits per heavy atom. The first kappa shape index (κ1) is 14.1. The molecule has 0 unspecified atom stereocenters. The van der Waals surface area contributed by atoms with E-state index in [-0.39, 0.29) is 12.1 Å². The second-order valence-electron chi connectivity index (χ2n) is 4.36. The molecule has 0 heterocycles. The van der Waals surface area contributed by atoms with Gasteiger partial charge >= 0.3 is 0 Å². The monoisotopic (exact) mass is 276 g/mol. The van der Waals surface area contributed by atoms with E-state index >= 15 is 0 Å². The van der Waals surface area contributed by atoms with Gasteiger partial charge in [0.15, 0.2) is 0 Å². The van der Waals surface area contributed by atoms with Crippen LogP contribution in [0, 0.1) is 11.6 Å². The summed E-state index contributed by atoms with van der Waals surface area (Å²) in [5.41, 5.74) is 6.97. The van der Waals surface area contributed by atoms with Gasteiger partial charge in [0.1, 0.15) is 11.6 Å². The van der Waals surface area contributed by atoms with Gasteiger partial charge in [0.05, 0.1) is 0 Å². The summed E-state index contributed by atoms with van der Waals surface area (Å²) in [7, 11) is 1.54. The third-order valence-electron chi connectivity index (χ3n) is 2.99. The molecule has 0 saturated heterocycles. The first-order valence-electron chi connectivity index (χ1n) is 6.05. The Hall–Kier alpha value is -2.27. The Bertz CT molecular complexity index is 623. The smallest absolute Gasteiger partial charge is 0.258 e. The van der Waals surface area contributed by atoms with Crippen molar-refractivity contribution in [3.05, 3.63) is 65.2 Å². The Morgan fingerprint density at radius 1 is 1.15 bits per heavy atom. The number of rotatable bonds is 3. The van der Waals surface area contributed by atoms with Crippen molar-refractivity contribution in [2.75, 3.05) is 11.9 Å². The normalized spacial score (nSPS) is 10.4. The molecule has 104 valence electrons. The zero-order valence-corrected chi connectivity index (χ0v) is 10.9. The van der Waals surface area contributed by atoms with Crippen LogP contribution < -0.4 is 10.6 Å². The molecule has 3 nitrogen and oxygen atoms in total. The fourth-order valence-corrected chi connectivity index (χ4v) is 1.99. The van der Waals surface area contributed by atoms with Crippen molar-refractivity contribution in [1.29, 1.82) is 0 Å². The lowest BCUT2D eigenvalue weighted by Gasteiger charge is -2.20. The lowest BCUT2D eigenvalue weighted by atomic mass is 10.1. The van der Waals surface area contributed by atoms with Crippen molar-refractivity contribution in [1.82, 2.24) is 0 Å². The topological polar surface area (TPSA) is 46.3 Å². The lowest BCUT2D eigenvalue weighted by molar-refractivity contribution is 0.0992. The number of hydrogen-bond donors (Lipinski definition) is 1. The molecule has 0 aliphatic carbocycles. The molecule has 2 N–H and O–H groups in total. The van der Waals surface area contributed by atoms with E-state index in [1.54, 1.807) is 25.2 Å². The highest BCUT2D eigenvalue weighted by Gasteiger charge is 2.17. The van der Waals surface area contributed by atoms with Crippen molar-refractivity contribution in [2.45, 2.75) is 6.54 Å². The van der Waals surface area contributed by atoms with Crippen molar-refractivity contribution in [3.63, 3.8) is 0 Å². The van der Waals surface area contributed by atoms with E-state index in [0.717, 1.165) is 23.8 Å². The second kappa shape index (κ2) is 5.79. The molecule has 0 bridgehead atoms. The third kappa shape index (κ3) is 2.83. The average molecular weight is 276 g/mol. The number of nitrogens with two attached hydrogens (primary N) is 1. The molecule has 2 aromatic carbocycles. The van der Waals surface area contributed by atoms with E-state index in [9.17, 15) is 13.6 Å². The van der Waals surface area contributed by atoms with E-state index < -0.39 is 17.5 Å². The Balaban J connectivity index is 2.37. The Labute approximate surface area is 115 Å². The Kier molecular flexibility index (Phi) is 4.10. The summed E-state index contributed by atoms with van der Waals surface area (Å²) in [5, 5.41) is 0. The zero-order valence-electron chi connectivity index (χ0n) is 10.9. The first-order valence-corrected chi connectivity index (χ1v) is 6.05. The molecule has 0 aliphatic rings. The van der Waals surface area contributed by atoms with Crippen LogP contribution in [0.15, 0.2) is 42.5 Å². The highest BCUT2D eigenvalue weighted by Crippen LogP contribution is 2.21. The van der Waals surface area contributed by atoms with Crippen LogP contribution in [0.3, 0.4) is 0 Å². The van der Waals surface area contributed by atoms with E-state index in [4.69, 9.17) is 5.73 Å². The highest BCUT2D eigenvalue weighted by molar-refractivity contribution is 6.06. The molecule has 0 saturated carbocycles. The largest absolute Gasteiger partial charge is 0.326 e. The van der Waals surface area contributed by atoms with E-state index in [2.05, 4.69) is 0 Å². The lowest BCUT2D eigenvalue weighted by Crippen LogP contribution is -2.27. The summed E-state index contributed by atoms with van der Waals surface area (Å²) in [5.74, 6) is -2.06. The van der Waals surface area contributed by atoms with Gasteiger partial charge < -0.3 is 10.6 Å². The van der Waals surface area contributed by atoms with Gasteiger partial charge in [0.2, 0.25) is 0 Å². The number of anilines is 1. The van der Waals surface area contributed by atoms with Gasteiger partial charge in [0, 0.05) is 30.9 Å².